The average molecular weight is 374 g/mol. The molecular formula is C21H30N2O4. The first-order chi connectivity index (χ1) is 13.1. The molecule has 0 heterocycles. The fraction of sp³-hybridized carbons (Fsp3) is 0.524. The van der Waals surface area contributed by atoms with Crippen LogP contribution in [-0.4, -0.2) is 38.1 Å². The van der Waals surface area contributed by atoms with Crippen LogP contribution in [0.3, 0.4) is 0 Å². The van der Waals surface area contributed by atoms with Crippen molar-refractivity contribution in [3.05, 3.63) is 36.4 Å². The first-order valence-electron chi connectivity index (χ1n) is 9.59. The Bertz CT molecular complexity index is 639. The van der Waals surface area contributed by atoms with Gasteiger partial charge in [0.05, 0.1) is 7.11 Å². The Morgan fingerprint density at radius 2 is 1.96 bits per heavy atom. The Labute approximate surface area is 161 Å². The van der Waals surface area contributed by atoms with Gasteiger partial charge < -0.3 is 20.1 Å². The second kappa shape index (κ2) is 11.3. The van der Waals surface area contributed by atoms with Gasteiger partial charge >= 0.3 is 0 Å². The van der Waals surface area contributed by atoms with Gasteiger partial charge in [-0.2, -0.15) is 0 Å². The van der Waals surface area contributed by atoms with E-state index in [1.54, 1.807) is 13.2 Å². The van der Waals surface area contributed by atoms with Crippen LogP contribution in [0.25, 0.3) is 0 Å². The number of rotatable bonds is 10. The van der Waals surface area contributed by atoms with Gasteiger partial charge in [0.15, 0.2) is 18.1 Å². The summed E-state index contributed by atoms with van der Waals surface area (Å²) in [6, 6.07) is 5.85. The van der Waals surface area contributed by atoms with Crippen molar-refractivity contribution in [2.24, 2.45) is 0 Å². The molecule has 27 heavy (non-hydrogen) atoms. The van der Waals surface area contributed by atoms with Crippen molar-refractivity contribution in [3.8, 4) is 11.5 Å². The fourth-order valence-corrected chi connectivity index (χ4v) is 3.18. The minimum Gasteiger partial charge on any atom is -0.493 e. The highest BCUT2D eigenvalue weighted by molar-refractivity contribution is 5.80. The number of benzene rings is 1. The van der Waals surface area contributed by atoms with E-state index in [-0.39, 0.29) is 24.8 Å². The molecule has 0 aliphatic heterocycles. The lowest BCUT2D eigenvalue weighted by atomic mass is 9.95. The van der Waals surface area contributed by atoms with E-state index in [0.717, 1.165) is 24.8 Å². The predicted molar refractivity (Wildman–Crippen MR) is 105 cm³/mol. The molecule has 2 rings (SSSR count). The van der Waals surface area contributed by atoms with Crippen molar-refractivity contribution < 1.29 is 19.1 Å². The quantitative estimate of drug-likeness (QED) is 0.618. The van der Waals surface area contributed by atoms with Crippen LogP contribution in [0.1, 0.15) is 44.1 Å². The van der Waals surface area contributed by atoms with Crippen molar-refractivity contribution >= 4 is 11.8 Å². The molecule has 0 aromatic heterocycles. The molecule has 1 aromatic rings. The SMILES string of the molecule is C=CCc1ccc(OCC(=O)NCCC(=O)NC2CCCCC2)c(OC)c1. The lowest BCUT2D eigenvalue weighted by Gasteiger charge is -2.22. The van der Waals surface area contributed by atoms with E-state index in [1.807, 2.05) is 18.2 Å². The molecule has 1 aliphatic rings. The summed E-state index contributed by atoms with van der Waals surface area (Å²) in [5.74, 6) is 0.810. The fourth-order valence-electron chi connectivity index (χ4n) is 3.18. The monoisotopic (exact) mass is 374 g/mol. The molecule has 0 radical (unpaired) electrons. The zero-order valence-corrected chi connectivity index (χ0v) is 16.1. The van der Waals surface area contributed by atoms with Crippen LogP contribution in [0.15, 0.2) is 30.9 Å². The lowest BCUT2D eigenvalue weighted by Crippen LogP contribution is -2.38. The van der Waals surface area contributed by atoms with Gasteiger partial charge in [0.1, 0.15) is 0 Å². The summed E-state index contributed by atoms with van der Waals surface area (Å²) in [5.41, 5.74) is 1.06. The largest absolute Gasteiger partial charge is 0.493 e. The van der Waals surface area contributed by atoms with Crippen molar-refractivity contribution in [2.75, 3.05) is 20.3 Å². The molecule has 2 N–H and O–H groups in total. The number of carbonyl (C=O) groups is 2. The number of methoxy groups -OCH3 is 1. The van der Waals surface area contributed by atoms with Gasteiger partial charge in [-0.25, -0.2) is 0 Å². The number of amides is 2. The van der Waals surface area contributed by atoms with Gasteiger partial charge in [0, 0.05) is 19.0 Å². The maximum absolute atomic E-state index is 11.9. The van der Waals surface area contributed by atoms with Crippen LogP contribution in [0.2, 0.25) is 0 Å². The van der Waals surface area contributed by atoms with E-state index >= 15 is 0 Å². The normalized spacial score (nSPS) is 14.3. The van der Waals surface area contributed by atoms with Crippen LogP contribution in [-0.2, 0) is 16.0 Å². The molecule has 1 fully saturated rings. The maximum Gasteiger partial charge on any atom is 0.257 e. The third-order valence-electron chi connectivity index (χ3n) is 4.61. The molecule has 6 heteroatoms. The summed E-state index contributed by atoms with van der Waals surface area (Å²) in [6.45, 7) is 3.89. The molecule has 0 atom stereocenters. The van der Waals surface area contributed by atoms with Gasteiger partial charge in [-0.15, -0.1) is 6.58 Å². The maximum atomic E-state index is 11.9. The Hall–Kier alpha value is -2.50. The summed E-state index contributed by atoms with van der Waals surface area (Å²) >= 11 is 0. The standard InChI is InChI=1S/C21H30N2O4/c1-3-7-16-10-11-18(19(14-16)26-2)27-15-21(25)22-13-12-20(24)23-17-8-5-4-6-9-17/h3,10-11,14,17H,1,4-9,12-13,15H2,2H3,(H,22,25)(H,23,24). The van der Waals surface area contributed by atoms with E-state index in [4.69, 9.17) is 9.47 Å². The van der Waals surface area contributed by atoms with E-state index in [1.165, 1.54) is 19.3 Å². The second-order valence-electron chi connectivity index (χ2n) is 6.77. The number of carbonyl (C=O) groups excluding carboxylic acids is 2. The molecule has 0 spiro atoms. The van der Waals surface area contributed by atoms with E-state index in [2.05, 4.69) is 17.2 Å². The van der Waals surface area contributed by atoms with Crippen molar-refractivity contribution in [1.82, 2.24) is 10.6 Å². The summed E-state index contributed by atoms with van der Waals surface area (Å²) in [4.78, 5) is 23.9. The average Bonchev–Trinajstić information content (AvgIpc) is 2.68. The molecule has 6 nitrogen and oxygen atoms in total. The third-order valence-corrected chi connectivity index (χ3v) is 4.61. The van der Waals surface area contributed by atoms with Crippen LogP contribution in [0, 0.1) is 0 Å². The Morgan fingerprint density at radius 3 is 2.67 bits per heavy atom. The first kappa shape index (κ1) is 20.8. The van der Waals surface area contributed by atoms with Crippen LogP contribution >= 0.6 is 0 Å². The zero-order valence-electron chi connectivity index (χ0n) is 16.1. The van der Waals surface area contributed by atoms with Gasteiger partial charge in [-0.05, 0) is 37.0 Å². The van der Waals surface area contributed by atoms with Crippen molar-refractivity contribution in [2.45, 2.75) is 51.0 Å². The number of hydrogen-bond donors (Lipinski definition) is 2. The Balaban J connectivity index is 1.68. The summed E-state index contributed by atoms with van der Waals surface area (Å²) in [5, 5.41) is 5.75. The highest BCUT2D eigenvalue weighted by atomic mass is 16.5. The molecule has 2 amide bonds. The summed E-state index contributed by atoms with van der Waals surface area (Å²) < 4.78 is 10.8. The summed E-state index contributed by atoms with van der Waals surface area (Å²) in [7, 11) is 1.56. The Morgan fingerprint density at radius 1 is 1.19 bits per heavy atom. The van der Waals surface area contributed by atoms with Gasteiger partial charge in [0.25, 0.3) is 5.91 Å². The number of allylic oxidation sites excluding steroid dienone is 1. The second-order valence-corrected chi connectivity index (χ2v) is 6.77. The van der Waals surface area contributed by atoms with Gasteiger partial charge in [-0.1, -0.05) is 31.4 Å². The number of hydrogen-bond acceptors (Lipinski definition) is 4. The zero-order chi connectivity index (χ0) is 19.5. The number of nitrogens with one attached hydrogen (secondary N) is 2. The molecule has 148 valence electrons. The molecule has 0 saturated heterocycles. The highest BCUT2D eigenvalue weighted by Gasteiger charge is 2.15. The van der Waals surface area contributed by atoms with Crippen LogP contribution in [0.4, 0.5) is 0 Å². The van der Waals surface area contributed by atoms with E-state index in [9.17, 15) is 9.59 Å². The molecule has 0 unspecified atom stereocenters. The lowest BCUT2D eigenvalue weighted by molar-refractivity contribution is -0.124. The van der Waals surface area contributed by atoms with Gasteiger partial charge in [-0.3, -0.25) is 9.59 Å². The molecule has 1 aliphatic carbocycles. The first-order valence-corrected chi connectivity index (χ1v) is 9.59. The van der Waals surface area contributed by atoms with Gasteiger partial charge in [0.2, 0.25) is 5.91 Å². The van der Waals surface area contributed by atoms with Crippen molar-refractivity contribution in [1.29, 1.82) is 0 Å². The molecule has 1 saturated carbocycles. The van der Waals surface area contributed by atoms with Crippen LogP contribution < -0.4 is 20.1 Å². The highest BCUT2D eigenvalue weighted by Crippen LogP contribution is 2.28. The smallest absolute Gasteiger partial charge is 0.257 e. The minimum absolute atomic E-state index is 0.0115. The Kier molecular flexibility index (Phi) is 8.68. The third kappa shape index (κ3) is 7.33. The number of ether oxygens (including phenoxy) is 2. The topological polar surface area (TPSA) is 76.7 Å². The van der Waals surface area contributed by atoms with Crippen molar-refractivity contribution in [3.63, 3.8) is 0 Å². The minimum atomic E-state index is -0.266. The summed E-state index contributed by atoms with van der Waals surface area (Å²) in [6.07, 6.45) is 8.55. The molecule has 1 aromatic carbocycles. The predicted octanol–water partition coefficient (Wildman–Crippen LogP) is 2.76. The van der Waals surface area contributed by atoms with E-state index < -0.39 is 0 Å². The van der Waals surface area contributed by atoms with E-state index in [0.29, 0.717) is 24.1 Å². The molecular weight excluding hydrogens is 344 g/mol. The van der Waals surface area contributed by atoms with Crippen LogP contribution in [0.5, 0.6) is 11.5 Å². The molecule has 0 bridgehead atoms.